The van der Waals surface area contributed by atoms with E-state index in [1.165, 1.54) is 0 Å². The molecule has 0 heterocycles. The monoisotopic (exact) mass is 246 g/mol. The van der Waals surface area contributed by atoms with Crippen LogP contribution in [0.1, 0.15) is 6.42 Å². The molecule has 1 rings (SSSR count). The lowest BCUT2D eigenvalue weighted by atomic mass is 10.4. The molecule has 0 aliphatic heterocycles. The summed E-state index contributed by atoms with van der Waals surface area (Å²) in [7, 11) is 0. The number of rotatable bonds is 1. The second-order valence-electron chi connectivity index (χ2n) is 2.16. The van der Waals surface area contributed by atoms with Crippen LogP contribution in [-0.2, 0) is 4.79 Å². The van der Waals surface area contributed by atoms with Crippen LogP contribution < -0.4 is 11.3 Å². The van der Waals surface area contributed by atoms with E-state index in [0.29, 0.717) is 6.42 Å². The minimum atomic E-state index is -1.00. The van der Waals surface area contributed by atoms with Gasteiger partial charge in [0.15, 0.2) is 0 Å². The molecule has 1 aliphatic rings. The van der Waals surface area contributed by atoms with Crippen LogP contribution in [0, 0.1) is 0 Å². The van der Waals surface area contributed by atoms with Gasteiger partial charge in [0.2, 0.25) is 0 Å². The first-order valence-electron chi connectivity index (χ1n) is 2.52. The maximum Gasteiger partial charge on any atom is 0.253 e. The number of amides is 1. The Morgan fingerprint density at radius 2 is 2.10 bits per heavy atom. The molecule has 6 heteroatoms. The standard InChI is InChI=1S/C4H5BrCl2N2O/c5-3(2(10)9-8)1-4(3,6)7/h1,8H2,(H,9,10). The van der Waals surface area contributed by atoms with Crippen LogP contribution in [0.2, 0.25) is 0 Å². The van der Waals surface area contributed by atoms with Crippen LogP contribution in [-0.4, -0.2) is 14.6 Å². The van der Waals surface area contributed by atoms with Gasteiger partial charge in [-0.1, -0.05) is 39.1 Å². The molecule has 1 unspecified atom stereocenters. The summed E-state index contributed by atoms with van der Waals surface area (Å²) in [6, 6.07) is 0. The highest BCUT2D eigenvalue weighted by molar-refractivity contribution is 9.10. The SMILES string of the molecule is NNC(=O)C1(Br)CC1(Cl)Cl. The predicted octanol–water partition coefficient (Wildman–Crippen LogP) is 0.688. The minimum absolute atomic E-state index is 0.381. The van der Waals surface area contributed by atoms with Crippen LogP contribution in [0.3, 0.4) is 0 Å². The number of hydrazine groups is 1. The Labute approximate surface area is 76.3 Å². The van der Waals surface area contributed by atoms with Gasteiger partial charge >= 0.3 is 0 Å². The third-order valence-electron chi connectivity index (χ3n) is 1.41. The number of hydrogen-bond acceptors (Lipinski definition) is 2. The van der Waals surface area contributed by atoms with E-state index in [9.17, 15) is 4.79 Å². The van der Waals surface area contributed by atoms with E-state index in [-0.39, 0.29) is 0 Å². The lowest BCUT2D eigenvalue weighted by Gasteiger charge is -2.06. The zero-order valence-corrected chi connectivity index (χ0v) is 7.92. The number of halogens is 3. The largest absolute Gasteiger partial charge is 0.293 e. The summed E-state index contributed by atoms with van der Waals surface area (Å²) in [6.45, 7) is 0. The van der Waals surface area contributed by atoms with Crippen LogP contribution >= 0.6 is 39.1 Å². The summed E-state index contributed by atoms with van der Waals surface area (Å²) in [5, 5.41) is 0. The van der Waals surface area contributed by atoms with Crippen LogP contribution in [0.4, 0.5) is 0 Å². The van der Waals surface area contributed by atoms with Crippen molar-refractivity contribution in [3.05, 3.63) is 0 Å². The Balaban J connectivity index is 2.68. The highest BCUT2D eigenvalue weighted by Crippen LogP contribution is 2.62. The molecule has 1 amide bonds. The third-order valence-corrected chi connectivity index (χ3v) is 4.10. The van der Waals surface area contributed by atoms with Crippen molar-refractivity contribution >= 4 is 45.0 Å². The van der Waals surface area contributed by atoms with Crippen molar-refractivity contribution in [3.63, 3.8) is 0 Å². The molecule has 0 aromatic rings. The van der Waals surface area contributed by atoms with Gasteiger partial charge in [-0.25, -0.2) is 5.84 Å². The molecule has 0 bridgehead atoms. The highest BCUT2D eigenvalue weighted by atomic mass is 79.9. The Morgan fingerprint density at radius 3 is 2.20 bits per heavy atom. The summed E-state index contributed by atoms with van der Waals surface area (Å²) < 4.78 is -1.88. The summed E-state index contributed by atoms with van der Waals surface area (Å²) in [6.07, 6.45) is 0.381. The first-order valence-corrected chi connectivity index (χ1v) is 4.07. The first kappa shape index (κ1) is 8.59. The molecule has 0 radical (unpaired) electrons. The van der Waals surface area contributed by atoms with E-state index in [1.54, 1.807) is 0 Å². The van der Waals surface area contributed by atoms with Crippen molar-refractivity contribution in [2.45, 2.75) is 15.1 Å². The lowest BCUT2D eigenvalue weighted by molar-refractivity contribution is -0.121. The molecule has 1 saturated carbocycles. The van der Waals surface area contributed by atoms with Gasteiger partial charge in [-0.3, -0.25) is 10.2 Å². The minimum Gasteiger partial charge on any atom is -0.293 e. The van der Waals surface area contributed by atoms with Gasteiger partial charge in [0.25, 0.3) is 5.91 Å². The van der Waals surface area contributed by atoms with E-state index in [2.05, 4.69) is 15.9 Å². The van der Waals surface area contributed by atoms with Crippen LogP contribution in [0.5, 0.6) is 0 Å². The highest BCUT2D eigenvalue weighted by Gasteiger charge is 2.70. The zero-order chi connectivity index (χ0) is 7.99. The zero-order valence-electron chi connectivity index (χ0n) is 4.83. The van der Waals surface area contributed by atoms with E-state index in [1.807, 2.05) is 5.43 Å². The van der Waals surface area contributed by atoms with Crippen molar-refractivity contribution < 1.29 is 4.79 Å². The van der Waals surface area contributed by atoms with Crippen molar-refractivity contribution in [2.24, 2.45) is 5.84 Å². The van der Waals surface area contributed by atoms with Crippen molar-refractivity contribution in [1.82, 2.24) is 5.43 Å². The van der Waals surface area contributed by atoms with Crippen molar-refractivity contribution in [1.29, 1.82) is 0 Å². The molecule has 1 aliphatic carbocycles. The van der Waals surface area contributed by atoms with Crippen molar-refractivity contribution in [2.75, 3.05) is 0 Å². The molecule has 3 nitrogen and oxygen atoms in total. The van der Waals surface area contributed by atoms with Gasteiger partial charge in [0, 0.05) is 6.42 Å². The average molecular weight is 248 g/mol. The molecular formula is C4H5BrCl2N2O. The summed E-state index contributed by atoms with van der Waals surface area (Å²) in [5.41, 5.74) is 1.97. The number of nitrogens with one attached hydrogen (secondary N) is 1. The third kappa shape index (κ3) is 1.03. The molecule has 0 saturated heterocycles. The molecule has 0 aromatic carbocycles. The molecule has 10 heavy (non-hydrogen) atoms. The molecular weight excluding hydrogens is 243 g/mol. The Hall–Kier alpha value is 0.490. The van der Waals surface area contributed by atoms with Gasteiger partial charge < -0.3 is 0 Å². The second-order valence-corrected chi connectivity index (χ2v) is 4.99. The van der Waals surface area contributed by atoms with Crippen LogP contribution in [0.15, 0.2) is 0 Å². The second kappa shape index (κ2) is 2.24. The Bertz CT molecular complexity index is 186. The molecule has 3 N–H and O–H groups in total. The molecule has 0 spiro atoms. The number of hydrogen-bond donors (Lipinski definition) is 2. The maximum absolute atomic E-state index is 10.9. The quantitative estimate of drug-likeness (QED) is 0.310. The Morgan fingerprint density at radius 1 is 1.70 bits per heavy atom. The number of alkyl halides is 3. The van der Waals surface area contributed by atoms with E-state index >= 15 is 0 Å². The van der Waals surface area contributed by atoms with Crippen molar-refractivity contribution in [3.8, 4) is 0 Å². The van der Waals surface area contributed by atoms with E-state index in [4.69, 9.17) is 29.0 Å². The first-order chi connectivity index (χ1) is 4.44. The number of nitrogens with two attached hydrogens (primary N) is 1. The maximum atomic E-state index is 10.9. The van der Waals surface area contributed by atoms with Gasteiger partial charge in [-0.15, -0.1) is 0 Å². The van der Waals surface area contributed by atoms with Gasteiger partial charge in [0.05, 0.1) is 0 Å². The van der Waals surface area contributed by atoms with Gasteiger partial charge in [0.1, 0.15) is 8.66 Å². The van der Waals surface area contributed by atoms with Gasteiger partial charge in [-0.2, -0.15) is 0 Å². The van der Waals surface area contributed by atoms with E-state index < -0.39 is 14.6 Å². The topological polar surface area (TPSA) is 55.1 Å². The fourth-order valence-electron chi connectivity index (χ4n) is 0.623. The molecule has 1 fully saturated rings. The lowest BCUT2D eigenvalue weighted by Crippen LogP contribution is -2.40. The van der Waals surface area contributed by atoms with Gasteiger partial charge in [-0.05, 0) is 0 Å². The summed E-state index contributed by atoms with van der Waals surface area (Å²) in [5.74, 6) is 4.48. The molecule has 1 atom stereocenters. The predicted molar refractivity (Wildman–Crippen MR) is 43.0 cm³/mol. The van der Waals surface area contributed by atoms with Crippen LogP contribution in [0.25, 0.3) is 0 Å². The summed E-state index contributed by atoms with van der Waals surface area (Å²) >= 11 is 14.3. The number of carbonyl (C=O) groups is 1. The molecule has 0 aromatic heterocycles. The fraction of sp³-hybridized carbons (Fsp3) is 0.750. The summed E-state index contributed by atoms with van der Waals surface area (Å²) in [4.78, 5) is 10.9. The Kier molecular flexibility index (Phi) is 1.92. The van der Waals surface area contributed by atoms with E-state index in [0.717, 1.165) is 0 Å². The normalized spacial score (nSPS) is 35.2. The average Bonchev–Trinajstić information content (AvgIpc) is 2.32. The smallest absolute Gasteiger partial charge is 0.253 e. The fourth-order valence-corrected chi connectivity index (χ4v) is 2.05. The number of carbonyl (C=O) groups excluding carboxylic acids is 1. The molecule has 58 valence electrons.